The largest absolute Gasteiger partial charge is 0.389 e. The Morgan fingerprint density at radius 1 is 1.47 bits per heavy atom. The molecule has 0 spiro atoms. The lowest BCUT2D eigenvalue weighted by molar-refractivity contribution is -0.136. The number of halogens is 3. The third-order valence-corrected chi connectivity index (χ3v) is 4.14. The molecule has 5 heteroatoms. The number of thioether (sulfide) groups is 1. The molecule has 2 atom stereocenters. The van der Waals surface area contributed by atoms with Gasteiger partial charge < -0.3 is 5.32 Å². The first-order chi connectivity index (χ1) is 7.03. The zero-order valence-corrected chi connectivity index (χ0v) is 9.76. The number of hydrogen-bond donors (Lipinski definition) is 1. The van der Waals surface area contributed by atoms with Gasteiger partial charge in [0.15, 0.2) is 0 Å². The van der Waals surface area contributed by atoms with Crippen LogP contribution in [0.25, 0.3) is 0 Å². The Labute approximate surface area is 93.2 Å². The smallest absolute Gasteiger partial charge is 0.313 e. The van der Waals surface area contributed by atoms with Crippen molar-refractivity contribution in [3.8, 4) is 0 Å². The van der Waals surface area contributed by atoms with Crippen LogP contribution in [0.1, 0.15) is 32.6 Å². The standard InChI is InChI=1S/C10H18F3NS/c1-2-14-8(5-6-10(11,12)13)9-4-3-7-15-9/h8-9,14H,2-7H2,1H3. The van der Waals surface area contributed by atoms with Gasteiger partial charge in [-0.1, -0.05) is 6.92 Å². The summed E-state index contributed by atoms with van der Waals surface area (Å²) in [7, 11) is 0. The van der Waals surface area contributed by atoms with E-state index < -0.39 is 12.6 Å². The first-order valence-electron chi connectivity index (χ1n) is 5.44. The van der Waals surface area contributed by atoms with E-state index in [1.165, 1.54) is 0 Å². The van der Waals surface area contributed by atoms with Gasteiger partial charge >= 0.3 is 6.18 Å². The second-order valence-corrected chi connectivity index (χ2v) is 5.22. The van der Waals surface area contributed by atoms with E-state index >= 15 is 0 Å². The van der Waals surface area contributed by atoms with Gasteiger partial charge in [0.1, 0.15) is 0 Å². The summed E-state index contributed by atoms with van der Waals surface area (Å²) >= 11 is 1.81. The summed E-state index contributed by atoms with van der Waals surface area (Å²) in [5.41, 5.74) is 0. The van der Waals surface area contributed by atoms with Crippen molar-refractivity contribution in [2.45, 2.75) is 50.1 Å². The van der Waals surface area contributed by atoms with Crippen LogP contribution in [0.2, 0.25) is 0 Å². The second-order valence-electron chi connectivity index (χ2n) is 3.87. The lowest BCUT2D eigenvalue weighted by Gasteiger charge is -2.24. The molecule has 0 aromatic carbocycles. The molecule has 90 valence electrons. The van der Waals surface area contributed by atoms with Gasteiger partial charge in [-0.15, -0.1) is 0 Å². The van der Waals surface area contributed by atoms with Crippen LogP contribution >= 0.6 is 11.8 Å². The molecule has 1 N–H and O–H groups in total. The molecule has 0 bridgehead atoms. The quantitative estimate of drug-likeness (QED) is 0.793. The Kier molecular flexibility index (Phi) is 5.26. The summed E-state index contributed by atoms with van der Waals surface area (Å²) < 4.78 is 36.3. The van der Waals surface area contributed by atoms with E-state index in [9.17, 15) is 13.2 Å². The molecule has 1 rings (SSSR count). The highest BCUT2D eigenvalue weighted by Crippen LogP contribution is 2.32. The van der Waals surface area contributed by atoms with Gasteiger partial charge in [0.2, 0.25) is 0 Å². The zero-order valence-electron chi connectivity index (χ0n) is 8.94. The Morgan fingerprint density at radius 3 is 2.67 bits per heavy atom. The van der Waals surface area contributed by atoms with Gasteiger partial charge in [-0.2, -0.15) is 24.9 Å². The number of rotatable bonds is 5. The molecular formula is C10H18F3NS. The fraction of sp³-hybridized carbons (Fsp3) is 1.00. The van der Waals surface area contributed by atoms with E-state index in [2.05, 4.69) is 5.32 Å². The third-order valence-electron chi connectivity index (χ3n) is 2.62. The molecule has 2 unspecified atom stereocenters. The molecule has 1 saturated heterocycles. The van der Waals surface area contributed by atoms with Crippen LogP contribution < -0.4 is 5.32 Å². The average Bonchev–Trinajstić information content (AvgIpc) is 2.63. The molecular weight excluding hydrogens is 223 g/mol. The highest BCUT2D eigenvalue weighted by molar-refractivity contribution is 8.00. The zero-order chi connectivity index (χ0) is 11.3. The van der Waals surface area contributed by atoms with Gasteiger partial charge in [0.25, 0.3) is 0 Å². The Balaban J connectivity index is 2.35. The van der Waals surface area contributed by atoms with Crippen molar-refractivity contribution in [1.82, 2.24) is 5.32 Å². The van der Waals surface area contributed by atoms with Crippen molar-refractivity contribution in [1.29, 1.82) is 0 Å². The van der Waals surface area contributed by atoms with E-state index in [-0.39, 0.29) is 12.5 Å². The average molecular weight is 241 g/mol. The summed E-state index contributed by atoms with van der Waals surface area (Å²) in [6, 6.07) is 0.0316. The lowest BCUT2D eigenvalue weighted by atomic mass is 10.0. The normalized spacial score (nSPS) is 24.4. The number of nitrogens with one attached hydrogen (secondary N) is 1. The van der Waals surface area contributed by atoms with Crippen molar-refractivity contribution >= 4 is 11.8 Å². The minimum Gasteiger partial charge on any atom is -0.313 e. The monoisotopic (exact) mass is 241 g/mol. The highest BCUT2D eigenvalue weighted by atomic mass is 32.2. The lowest BCUT2D eigenvalue weighted by Crippen LogP contribution is -2.38. The van der Waals surface area contributed by atoms with Crippen LogP contribution in [0.5, 0.6) is 0 Å². The maximum Gasteiger partial charge on any atom is 0.389 e. The summed E-state index contributed by atoms with van der Waals surface area (Å²) in [5, 5.41) is 3.56. The van der Waals surface area contributed by atoms with Crippen molar-refractivity contribution in [3.05, 3.63) is 0 Å². The predicted octanol–water partition coefficient (Wildman–Crippen LogP) is 3.20. The van der Waals surface area contributed by atoms with Crippen LogP contribution in [0.4, 0.5) is 13.2 Å². The van der Waals surface area contributed by atoms with Crippen molar-refractivity contribution in [2.24, 2.45) is 0 Å². The molecule has 0 amide bonds. The van der Waals surface area contributed by atoms with Crippen LogP contribution in [0.3, 0.4) is 0 Å². The molecule has 15 heavy (non-hydrogen) atoms. The van der Waals surface area contributed by atoms with Gasteiger partial charge in [-0.05, 0) is 31.6 Å². The number of alkyl halides is 3. The Hall–Kier alpha value is 0.100. The maximum atomic E-state index is 12.1. The van der Waals surface area contributed by atoms with E-state index in [4.69, 9.17) is 0 Å². The van der Waals surface area contributed by atoms with E-state index in [1.807, 2.05) is 18.7 Å². The fourth-order valence-electron chi connectivity index (χ4n) is 1.92. The minimum atomic E-state index is -4.02. The molecule has 1 nitrogen and oxygen atoms in total. The summed E-state index contributed by atoms with van der Waals surface area (Å²) in [6.45, 7) is 2.69. The molecule has 0 radical (unpaired) electrons. The van der Waals surface area contributed by atoms with Gasteiger partial charge in [0.05, 0.1) is 0 Å². The molecule has 1 heterocycles. The minimum absolute atomic E-state index is 0.0316. The van der Waals surface area contributed by atoms with Crippen LogP contribution in [0, 0.1) is 0 Å². The highest BCUT2D eigenvalue weighted by Gasteiger charge is 2.31. The van der Waals surface area contributed by atoms with Crippen molar-refractivity contribution in [3.63, 3.8) is 0 Å². The summed E-state index contributed by atoms with van der Waals surface area (Å²) in [4.78, 5) is 0. The Bertz CT molecular complexity index is 178. The van der Waals surface area contributed by atoms with Crippen molar-refractivity contribution in [2.75, 3.05) is 12.3 Å². The van der Waals surface area contributed by atoms with E-state index in [0.717, 1.165) is 25.1 Å². The van der Waals surface area contributed by atoms with Crippen LogP contribution in [-0.2, 0) is 0 Å². The molecule has 0 aliphatic carbocycles. The molecule has 0 aromatic rings. The SMILES string of the molecule is CCNC(CCC(F)(F)F)C1CCCS1. The summed E-state index contributed by atoms with van der Waals surface area (Å²) in [5.74, 6) is 1.10. The Morgan fingerprint density at radius 2 is 2.20 bits per heavy atom. The first-order valence-corrected chi connectivity index (χ1v) is 6.49. The first kappa shape index (κ1) is 13.2. The van der Waals surface area contributed by atoms with Crippen molar-refractivity contribution < 1.29 is 13.2 Å². The molecule has 0 saturated carbocycles. The second kappa shape index (κ2) is 5.99. The molecule has 1 fully saturated rings. The topological polar surface area (TPSA) is 12.0 Å². The fourth-order valence-corrected chi connectivity index (χ4v) is 3.35. The van der Waals surface area contributed by atoms with Gasteiger partial charge in [0, 0.05) is 17.7 Å². The maximum absolute atomic E-state index is 12.1. The summed E-state index contributed by atoms with van der Waals surface area (Å²) in [6.07, 6.45) is -2.27. The van der Waals surface area contributed by atoms with Crippen LogP contribution in [-0.4, -0.2) is 29.8 Å². The van der Waals surface area contributed by atoms with Crippen LogP contribution in [0.15, 0.2) is 0 Å². The van der Waals surface area contributed by atoms with Gasteiger partial charge in [-0.3, -0.25) is 0 Å². The van der Waals surface area contributed by atoms with E-state index in [1.54, 1.807) is 0 Å². The third kappa shape index (κ3) is 5.11. The van der Waals surface area contributed by atoms with E-state index in [0.29, 0.717) is 5.25 Å². The number of hydrogen-bond acceptors (Lipinski definition) is 2. The molecule has 1 aliphatic rings. The molecule has 1 aliphatic heterocycles. The van der Waals surface area contributed by atoms with Gasteiger partial charge in [-0.25, -0.2) is 0 Å². The predicted molar refractivity (Wildman–Crippen MR) is 58.2 cm³/mol. The molecule has 0 aromatic heterocycles.